The molecule has 236 valence electrons. The van der Waals surface area contributed by atoms with E-state index in [1.54, 1.807) is 11.3 Å². The van der Waals surface area contributed by atoms with Crippen LogP contribution in [0, 0.1) is 10.4 Å². The third kappa shape index (κ3) is 4.27. The minimum Gasteiger partial charge on any atom is -0.248 e. The lowest BCUT2D eigenvalue weighted by atomic mass is 9.83. The van der Waals surface area contributed by atoms with E-state index in [0.717, 1.165) is 77.1 Å². The normalized spacial score (nSPS) is 12.2. The number of thiophene rings is 1. The van der Waals surface area contributed by atoms with Crippen LogP contribution in [0.25, 0.3) is 76.1 Å². The van der Waals surface area contributed by atoms with Crippen molar-refractivity contribution in [1.29, 1.82) is 0 Å². The Labute approximate surface area is 297 Å². The number of nitrogens with zero attached hydrogens (tertiary/aromatic N) is 3. The number of para-hydroxylation sites is 1. The van der Waals surface area contributed by atoms with Crippen molar-refractivity contribution in [2.24, 2.45) is 9.98 Å². The molecule has 11 rings (SSSR count). The second kappa shape index (κ2) is 11.0. The lowest BCUT2D eigenvalue weighted by Crippen LogP contribution is -2.02. The topological polar surface area (TPSA) is 37.6 Å². The van der Waals surface area contributed by atoms with Crippen LogP contribution in [-0.4, -0.2) is 4.98 Å². The fourth-order valence-electron chi connectivity index (χ4n) is 8.00. The van der Waals surface area contributed by atoms with E-state index in [-0.39, 0.29) is 0 Å². The summed E-state index contributed by atoms with van der Waals surface area (Å²) in [6.45, 7) is 0. The minimum atomic E-state index is 0.941. The van der Waals surface area contributed by atoms with Crippen LogP contribution in [0.5, 0.6) is 0 Å². The van der Waals surface area contributed by atoms with Gasteiger partial charge in [0.15, 0.2) is 0 Å². The van der Waals surface area contributed by atoms with Crippen molar-refractivity contribution < 1.29 is 0 Å². The standard InChI is InChI=1S/C47H27N3S/c1-2-12-28(13-3-1)29-14-4-5-15-30(29)31-16-6-7-18-33(31)43-35(38-26-27-42-46(49-38)36-19-9-11-21-41(36)51-42)23-25-39-44(43)45-40(48-39)24-22-34-32-17-8-10-20-37(32)50-47(34)45/h1-27H. The fraction of sp³-hybridized carbons (Fsp3) is 0. The number of benzene rings is 7. The molecule has 0 aliphatic carbocycles. The van der Waals surface area contributed by atoms with Gasteiger partial charge in [0.1, 0.15) is 0 Å². The molecule has 2 aliphatic heterocycles. The molecule has 0 saturated heterocycles. The molecule has 0 radical (unpaired) electrons. The number of fused-ring (bicyclic) bond motifs is 9. The van der Waals surface area contributed by atoms with Gasteiger partial charge in [-0.1, -0.05) is 115 Å². The molecule has 0 N–H and O–H groups in total. The second-order valence-electron chi connectivity index (χ2n) is 13.1. The van der Waals surface area contributed by atoms with Gasteiger partial charge in [0, 0.05) is 42.8 Å². The molecule has 2 aromatic heterocycles. The van der Waals surface area contributed by atoms with E-state index in [9.17, 15) is 0 Å². The molecule has 0 atom stereocenters. The average molecular weight is 666 g/mol. The first-order valence-corrected chi connectivity index (χ1v) is 18.0. The van der Waals surface area contributed by atoms with Gasteiger partial charge in [-0.05, 0) is 76.3 Å². The molecule has 3 nitrogen and oxygen atoms in total. The Morgan fingerprint density at radius 3 is 2.00 bits per heavy atom. The van der Waals surface area contributed by atoms with Gasteiger partial charge in [0.2, 0.25) is 0 Å². The number of aromatic nitrogens is 1. The zero-order valence-corrected chi connectivity index (χ0v) is 28.2. The highest BCUT2D eigenvalue weighted by Crippen LogP contribution is 2.52. The molecule has 0 fully saturated rings. The number of rotatable bonds is 4. The van der Waals surface area contributed by atoms with E-state index >= 15 is 0 Å². The van der Waals surface area contributed by atoms with E-state index in [0.29, 0.717) is 0 Å². The Kier molecular flexibility index (Phi) is 6.12. The van der Waals surface area contributed by atoms with Gasteiger partial charge < -0.3 is 0 Å². The third-order valence-corrected chi connectivity index (χ3v) is 11.4. The summed E-state index contributed by atoms with van der Waals surface area (Å²) < 4.78 is 2.44. The summed E-state index contributed by atoms with van der Waals surface area (Å²) >= 11 is 1.79. The minimum absolute atomic E-state index is 0.941. The molecule has 0 unspecified atom stereocenters. The number of hydrogen-bond acceptors (Lipinski definition) is 4. The lowest BCUT2D eigenvalue weighted by molar-refractivity contribution is 1.36. The molecule has 7 aromatic carbocycles. The van der Waals surface area contributed by atoms with Gasteiger partial charge in [0.05, 0.1) is 38.0 Å². The van der Waals surface area contributed by atoms with E-state index in [1.807, 2.05) is 0 Å². The van der Waals surface area contributed by atoms with Gasteiger partial charge in [-0.3, -0.25) is 0 Å². The van der Waals surface area contributed by atoms with Crippen LogP contribution in [0.4, 0.5) is 11.4 Å². The quantitative estimate of drug-likeness (QED) is 0.184. The molecule has 4 heteroatoms. The van der Waals surface area contributed by atoms with Crippen LogP contribution < -0.4 is 10.7 Å². The molecule has 9 aromatic rings. The first kappa shape index (κ1) is 28.4. The van der Waals surface area contributed by atoms with Crippen LogP contribution in [0.1, 0.15) is 0 Å². The SMILES string of the molecule is c1ccc(-c2ccccc2-c2ccccc2-c2c(-c3ccc4sc5ccccc5c4n3)ccc3c2-c2c4c(ccc2=N3)=c2ccccc2=N4)cc1. The third-order valence-electron chi connectivity index (χ3n) is 10.3. The van der Waals surface area contributed by atoms with Crippen LogP contribution in [-0.2, 0) is 0 Å². The van der Waals surface area contributed by atoms with Crippen LogP contribution in [0.2, 0.25) is 0 Å². The van der Waals surface area contributed by atoms with Crippen LogP contribution >= 0.6 is 11.3 Å². The Bertz CT molecular complexity index is 3140. The monoisotopic (exact) mass is 665 g/mol. The molecule has 0 bridgehead atoms. The smallest absolute Gasteiger partial charge is 0.0895 e. The molecular formula is C47H27N3S. The summed E-state index contributed by atoms with van der Waals surface area (Å²) in [7, 11) is 0. The van der Waals surface area contributed by atoms with Crippen molar-refractivity contribution in [2.75, 3.05) is 0 Å². The number of pyridine rings is 1. The van der Waals surface area contributed by atoms with Gasteiger partial charge >= 0.3 is 0 Å². The highest BCUT2D eigenvalue weighted by molar-refractivity contribution is 7.25. The van der Waals surface area contributed by atoms with E-state index in [1.165, 1.54) is 31.5 Å². The van der Waals surface area contributed by atoms with E-state index in [2.05, 4.69) is 164 Å². The summed E-state index contributed by atoms with van der Waals surface area (Å²) in [5.41, 5.74) is 14.2. The Balaban J connectivity index is 1.25. The largest absolute Gasteiger partial charge is 0.248 e. The van der Waals surface area contributed by atoms with Crippen molar-refractivity contribution in [3.05, 3.63) is 185 Å². The lowest BCUT2D eigenvalue weighted by Gasteiger charge is -2.20. The summed E-state index contributed by atoms with van der Waals surface area (Å²) in [5, 5.41) is 5.45. The molecule has 2 aliphatic rings. The van der Waals surface area contributed by atoms with Gasteiger partial charge in [-0.2, -0.15) is 0 Å². The van der Waals surface area contributed by atoms with Gasteiger partial charge in [-0.25, -0.2) is 15.0 Å². The van der Waals surface area contributed by atoms with Crippen molar-refractivity contribution >= 4 is 43.0 Å². The predicted octanol–water partition coefficient (Wildman–Crippen LogP) is 11.6. The Morgan fingerprint density at radius 2 is 1.12 bits per heavy atom. The number of hydrogen-bond donors (Lipinski definition) is 0. The molecular weight excluding hydrogens is 639 g/mol. The highest BCUT2D eigenvalue weighted by atomic mass is 32.1. The summed E-state index contributed by atoms with van der Waals surface area (Å²) in [6, 6.07) is 58.4. The van der Waals surface area contributed by atoms with Crippen LogP contribution in [0.3, 0.4) is 0 Å². The van der Waals surface area contributed by atoms with Gasteiger partial charge in [0.25, 0.3) is 0 Å². The van der Waals surface area contributed by atoms with E-state index < -0.39 is 0 Å². The summed E-state index contributed by atoms with van der Waals surface area (Å²) in [4.78, 5) is 15.9. The predicted molar refractivity (Wildman–Crippen MR) is 210 cm³/mol. The second-order valence-corrected chi connectivity index (χ2v) is 14.2. The summed E-state index contributed by atoms with van der Waals surface area (Å²) in [5.74, 6) is 0. The maximum Gasteiger partial charge on any atom is 0.0895 e. The fourth-order valence-corrected chi connectivity index (χ4v) is 9.05. The zero-order chi connectivity index (χ0) is 33.5. The van der Waals surface area contributed by atoms with Gasteiger partial charge in [-0.15, -0.1) is 11.3 Å². The molecule has 51 heavy (non-hydrogen) atoms. The van der Waals surface area contributed by atoms with Crippen molar-refractivity contribution in [3.63, 3.8) is 0 Å². The van der Waals surface area contributed by atoms with E-state index in [4.69, 9.17) is 15.0 Å². The van der Waals surface area contributed by atoms with Crippen molar-refractivity contribution in [3.8, 4) is 55.8 Å². The average Bonchev–Trinajstić information content (AvgIpc) is 3.89. The highest BCUT2D eigenvalue weighted by Gasteiger charge is 2.28. The molecule has 4 heterocycles. The first-order chi connectivity index (χ1) is 25.3. The summed E-state index contributed by atoms with van der Waals surface area (Å²) in [6.07, 6.45) is 0. The molecule has 0 saturated carbocycles. The van der Waals surface area contributed by atoms with Crippen LogP contribution in [0.15, 0.2) is 174 Å². The van der Waals surface area contributed by atoms with Crippen molar-refractivity contribution in [1.82, 2.24) is 4.98 Å². The maximum atomic E-state index is 5.43. The van der Waals surface area contributed by atoms with Crippen molar-refractivity contribution in [2.45, 2.75) is 0 Å². The Hall–Kier alpha value is -6.49. The Morgan fingerprint density at radius 1 is 0.392 bits per heavy atom. The first-order valence-electron chi connectivity index (χ1n) is 17.2. The molecule has 0 spiro atoms. The maximum absolute atomic E-state index is 5.43. The molecule has 0 amide bonds. The zero-order valence-electron chi connectivity index (χ0n) is 27.3.